The molecular weight excluding hydrogens is 372 g/mol. The maximum absolute atomic E-state index is 12.5. The lowest BCUT2D eigenvalue weighted by atomic mass is 10.2. The highest BCUT2D eigenvalue weighted by Crippen LogP contribution is 2.15. The average molecular weight is 397 g/mol. The minimum atomic E-state index is -3.67. The SMILES string of the molecule is CCc1ccc(S(=O)(=O)NCCN(C)S(=O)(=O)c2ccc(C)cc2)cc1. The highest BCUT2D eigenvalue weighted by Gasteiger charge is 2.21. The Morgan fingerprint density at radius 3 is 1.96 bits per heavy atom. The summed E-state index contributed by atoms with van der Waals surface area (Å²) >= 11 is 0. The Labute approximate surface area is 156 Å². The van der Waals surface area contributed by atoms with Gasteiger partial charge >= 0.3 is 0 Å². The number of nitrogens with zero attached hydrogens (tertiary/aromatic N) is 1. The number of sulfonamides is 2. The van der Waals surface area contributed by atoms with Gasteiger partial charge in [0, 0.05) is 20.1 Å². The highest BCUT2D eigenvalue weighted by atomic mass is 32.2. The van der Waals surface area contributed by atoms with Gasteiger partial charge in [-0.2, -0.15) is 4.31 Å². The molecule has 0 radical (unpaired) electrons. The number of hydrogen-bond donors (Lipinski definition) is 1. The van der Waals surface area contributed by atoms with Crippen molar-refractivity contribution in [1.29, 1.82) is 0 Å². The van der Waals surface area contributed by atoms with E-state index >= 15 is 0 Å². The first-order chi connectivity index (χ1) is 12.2. The van der Waals surface area contributed by atoms with Gasteiger partial charge in [-0.25, -0.2) is 21.6 Å². The van der Waals surface area contributed by atoms with Crippen molar-refractivity contribution in [1.82, 2.24) is 9.03 Å². The molecule has 6 nitrogen and oxygen atoms in total. The van der Waals surface area contributed by atoms with Crippen molar-refractivity contribution in [3.05, 3.63) is 59.7 Å². The second kappa shape index (κ2) is 8.30. The molecule has 26 heavy (non-hydrogen) atoms. The van der Waals surface area contributed by atoms with Crippen LogP contribution in [0.15, 0.2) is 58.3 Å². The van der Waals surface area contributed by atoms with E-state index in [-0.39, 0.29) is 22.9 Å². The van der Waals surface area contributed by atoms with Crippen LogP contribution in [0.1, 0.15) is 18.1 Å². The molecule has 0 unspecified atom stereocenters. The third-order valence-corrected chi connectivity index (χ3v) is 7.44. The quantitative estimate of drug-likeness (QED) is 0.741. The van der Waals surface area contributed by atoms with Crippen LogP contribution < -0.4 is 4.72 Å². The normalized spacial score (nSPS) is 12.5. The van der Waals surface area contributed by atoms with E-state index in [9.17, 15) is 16.8 Å². The van der Waals surface area contributed by atoms with Gasteiger partial charge < -0.3 is 0 Å². The molecule has 0 fully saturated rings. The van der Waals surface area contributed by atoms with Crippen molar-refractivity contribution in [3.8, 4) is 0 Å². The topological polar surface area (TPSA) is 83.6 Å². The molecule has 0 bridgehead atoms. The van der Waals surface area contributed by atoms with Crippen LogP contribution in [0.2, 0.25) is 0 Å². The standard InChI is InChI=1S/C18H24N2O4S2/c1-4-16-7-11-17(12-8-16)25(21,22)19-13-14-20(3)26(23,24)18-9-5-15(2)6-10-18/h5-12,19H,4,13-14H2,1-3H3. The van der Waals surface area contributed by atoms with Crippen LogP contribution in [-0.4, -0.2) is 41.3 Å². The zero-order chi connectivity index (χ0) is 19.4. The molecule has 2 rings (SSSR count). The largest absolute Gasteiger partial charge is 0.242 e. The first kappa shape index (κ1) is 20.6. The summed E-state index contributed by atoms with van der Waals surface area (Å²) in [5.41, 5.74) is 2.02. The Bertz CT molecular complexity index is 936. The molecule has 1 N–H and O–H groups in total. The maximum atomic E-state index is 12.5. The molecule has 0 aliphatic rings. The molecule has 0 spiro atoms. The van der Waals surface area contributed by atoms with E-state index in [0.717, 1.165) is 21.9 Å². The lowest BCUT2D eigenvalue weighted by Crippen LogP contribution is -2.36. The fourth-order valence-corrected chi connectivity index (χ4v) is 4.53. The molecule has 0 saturated carbocycles. The van der Waals surface area contributed by atoms with Crippen LogP contribution in [0, 0.1) is 6.92 Å². The Hall–Kier alpha value is -1.74. The third-order valence-electron chi connectivity index (χ3n) is 4.09. The van der Waals surface area contributed by atoms with Gasteiger partial charge in [-0.1, -0.05) is 36.8 Å². The van der Waals surface area contributed by atoms with Crippen molar-refractivity contribution < 1.29 is 16.8 Å². The van der Waals surface area contributed by atoms with Crippen LogP contribution in [0.5, 0.6) is 0 Å². The van der Waals surface area contributed by atoms with E-state index in [1.165, 1.54) is 7.05 Å². The maximum Gasteiger partial charge on any atom is 0.242 e. The lowest BCUT2D eigenvalue weighted by Gasteiger charge is -2.17. The predicted molar refractivity (Wildman–Crippen MR) is 102 cm³/mol. The third kappa shape index (κ3) is 4.91. The second-order valence-electron chi connectivity index (χ2n) is 6.03. The fraction of sp³-hybridized carbons (Fsp3) is 0.333. The summed E-state index contributed by atoms with van der Waals surface area (Å²) < 4.78 is 53.1. The number of aryl methyl sites for hydroxylation is 2. The van der Waals surface area contributed by atoms with Gasteiger partial charge in [0.15, 0.2) is 0 Å². The van der Waals surface area contributed by atoms with Crippen LogP contribution in [-0.2, 0) is 26.5 Å². The molecule has 142 valence electrons. The van der Waals surface area contributed by atoms with Gasteiger partial charge in [0.25, 0.3) is 0 Å². The molecule has 2 aromatic rings. The van der Waals surface area contributed by atoms with Crippen molar-refractivity contribution >= 4 is 20.0 Å². The first-order valence-corrected chi connectivity index (χ1v) is 11.2. The van der Waals surface area contributed by atoms with Gasteiger partial charge in [-0.3, -0.25) is 0 Å². The van der Waals surface area contributed by atoms with Crippen molar-refractivity contribution in [2.24, 2.45) is 0 Å². The summed E-state index contributed by atoms with van der Waals surface area (Å²) in [5, 5.41) is 0. The average Bonchev–Trinajstić information content (AvgIpc) is 2.62. The summed E-state index contributed by atoms with van der Waals surface area (Å²) in [6, 6.07) is 13.2. The molecule has 0 atom stereocenters. The van der Waals surface area contributed by atoms with Gasteiger partial charge in [0.2, 0.25) is 20.0 Å². The molecule has 0 aromatic heterocycles. The van der Waals surface area contributed by atoms with Crippen LogP contribution in [0.4, 0.5) is 0 Å². The Kier molecular flexibility index (Phi) is 6.57. The molecule has 8 heteroatoms. The first-order valence-electron chi connectivity index (χ1n) is 8.28. The van der Waals surface area contributed by atoms with Gasteiger partial charge in [0.05, 0.1) is 9.79 Å². The zero-order valence-electron chi connectivity index (χ0n) is 15.1. The molecule has 2 aromatic carbocycles. The molecule has 0 aliphatic carbocycles. The van der Waals surface area contributed by atoms with E-state index in [1.54, 1.807) is 48.5 Å². The zero-order valence-corrected chi connectivity index (χ0v) is 16.8. The number of rotatable bonds is 8. The second-order valence-corrected chi connectivity index (χ2v) is 9.85. The molecule has 0 heterocycles. The van der Waals surface area contributed by atoms with E-state index in [4.69, 9.17) is 0 Å². The molecular formula is C18H24N2O4S2. The molecule has 0 saturated heterocycles. The Morgan fingerprint density at radius 1 is 0.885 bits per heavy atom. The number of nitrogens with one attached hydrogen (secondary N) is 1. The smallest absolute Gasteiger partial charge is 0.210 e. The summed E-state index contributed by atoms with van der Waals surface area (Å²) in [6.45, 7) is 3.88. The molecule has 0 amide bonds. The summed E-state index contributed by atoms with van der Waals surface area (Å²) in [4.78, 5) is 0.349. The highest BCUT2D eigenvalue weighted by molar-refractivity contribution is 7.89. The van der Waals surface area contributed by atoms with Crippen molar-refractivity contribution in [2.75, 3.05) is 20.1 Å². The van der Waals surface area contributed by atoms with Gasteiger partial charge in [-0.05, 0) is 43.2 Å². The number of benzene rings is 2. The van der Waals surface area contributed by atoms with Crippen LogP contribution in [0.3, 0.4) is 0 Å². The fourth-order valence-electron chi connectivity index (χ4n) is 2.34. The number of likely N-dealkylation sites (N-methyl/N-ethyl adjacent to an activating group) is 1. The lowest BCUT2D eigenvalue weighted by molar-refractivity contribution is 0.469. The summed E-state index contributed by atoms with van der Waals surface area (Å²) in [5.74, 6) is 0. The minimum Gasteiger partial charge on any atom is -0.210 e. The van der Waals surface area contributed by atoms with E-state index in [2.05, 4.69) is 4.72 Å². The number of hydrogen-bond acceptors (Lipinski definition) is 4. The Morgan fingerprint density at radius 2 is 1.42 bits per heavy atom. The van der Waals surface area contributed by atoms with Crippen LogP contribution in [0.25, 0.3) is 0 Å². The summed E-state index contributed by atoms with van der Waals surface area (Å²) in [7, 11) is -5.89. The van der Waals surface area contributed by atoms with E-state index in [1.807, 2.05) is 13.8 Å². The van der Waals surface area contributed by atoms with Gasteiger partial charge in [-0.15, -0.1) is 0 Å². The minimum absolute atomic E-state index is 0.0144. The Balaban J connectivity index is 2.00. The van der Waals surface area contributed by atoms with Crippen molar-refractivity contribution in [3.63, 3.8) is 0 Å². The predicted octanol–water partition coefficient (Wildman–Crippen LogP) is 2.16. The molecule has 0 aliphatic heterocycles. The monoisotopic (exact) mass is 396 g/mol. The van der Waals surface area contributed by atoms with E-state index in [0.29, 0.717) is 0 Å². The van der Waals surface area contributed by atoms with Crippen LogP contribution >= 0.6 is 0 Å². The van der Waals surface area contributed by atoms with E-state index < -0.39 is 20.0 Å². The van der Waals surface area contributed by atoms with Crippen molar-refractivity contribution in [2.45, 2.75) is 30.1 Å². The van der Waals surface area contributed by atoms with Gasteiger partial charge in [0.1, 0.15) is 0 Å². The summed E-state index contributed by atoms with van der Waals surface area (Å²) in [6.07, 6.45) is 0.829.